The van der Waals surface area contributed by atoms with Crippen LogP contribution in [0.15, 0.2) is 24.3 Å². The smallest absolute Gasteiger partial charge is 0.309 e. The maximum Gasteiger partial charge on any atom is 0.309 e. The van der Waals surface area contributed by atoms with Gasteiger partial charge in [-0.15, -0.1) is 0 Å². The highest BCUT2D eigenvalue weighted by Gasteiger charge is 2.20. The number of hydrogen-bond donors (Lipinski definition) is 1. The van der Waals surface area contributed by atoms with Gasteiger partial charge in [0.2, 0.25) is 0 Å². The number of hydrogen-bond acceptors (Lipinski definition) is 3. The fourth-order valence-corrected chi connectivity index (χ4v) is 1.88. The Hall–Kier alpha value is -1.91. The fourth-order valence-electron chi connectivity index (χ4n) is 1.88. The first-order valence-electron chi connectivity index (χ1n) is 7.45. The Kier molecular flexibility index (Phi) is 6.53. The molecular weight excluding hydrogens is 285 g/mol. The van der Waals surface area contributed by atoms with Crippen molar-refractivity contribution >= 4 is 11.9 Å². The quantitative estimate of drug-likeness (QED) is 0.788. The van der Waals surface area contributed by atoms with E-state index in [9.17, 15) is 14.0 Å². The molecule has 1 unspecified atom stereocenters. The molecule has 0 saturated heterocycles. The van der Waals surface area contributed by atoms with Crippen molar-refractivity contribution in [1.29, 1.82) is 0 Å². The maximum atomic E-state index is 13.1. The molecular formula is C17H24FNO3. The maximum absolute atomic E-state index is 13.1. The Labute approximate surface area is 131 Å². The van der Waals surface area contributed by atoms with Crippen LogP contribution in [-0.2, 0) is 20.7 Å². The fraction of sp³-hybridized carbons (Fsp3) is 0.529. The Bertz CT molecular complexity index is 528. The lowest BCUT2D eigenvalue weighted by atomic mass is 10.0. The minimum absolute atomic E-state index is 0.296. The van der Waals surface area contributed by atoms with E-state index in [1.165, 1.54) is 12.1 Å². The molecule has 0 spiro atoms. The van der Waals surface area contributed by atoms with Crippen LogP contribution >= 0.6 is 0 Å². The molecule has 5 heteroatoms. The van der Waals surface area contributed by atoms with Crippen molar-refractivity contribution in [2.75, 3.05) is 6.61 Å². The SMILES string of the molecule is CCC(C)(C)NC(=O)COC(=O)C(C)Cc1cccc(F)c1. The van der Waals surface area contributed by atoms with Gasteiger partial charge in [0.25, 0.3) is 5.91 Å². The molecule has 0 aliphatic rings. The first-order chi connectivity index (χ1) is 10.2. The molecule has 0 radical (unpaired) electrons. The summed E-state index contributed by atoms with van der Waals surface area (Å²) in [5.41, 5.74) is 0.400. The Morgan fingerprint density at radius 1 is 1.36 bits per heavy atom. The van der Waals surface area contributed by atoms with Gasteiger partial charge in [-0.1, -0.05) is 26.0 Å². The van der Waals surface area contributed by atoms with Crippen molar-refractivity contribution in [3.63, 3.8) is 0 Å². The number of carbonyl (C=O) groups excluding carboxylic acids is 2. The number of rotatable bonds is 7. The van der Waals surface area contributed by atoms with Gasteiger partial charge in [0.1, 0.15) is 5.82 Å². The molecule has 1 atom stereocenters. The van der Waals surface area contributed by atoms with Gasteiger partial charge < -0.3 is 10.1 Å². The van der Waals surface area contributed by atoms with Crippen LogP contribution in [0.1, 0.15) is 39.7 Å². The molecule has 22 heavy (non-hydrogen) atoms. The number of esters is 1. The average molecular weight is 309 g/mol. The molecule has 0 fully saturated rings. The van der Waals surface area contributed by atoms with Crippen LogP contribution in [0.5, 0.6) is 0 Å². The van der Waals surface area contributed by atoms with Gasteiger partial charge >= 0.3 is 5.97 Å². The molecule has 1 aromatic rings. The van der Waals surface area contributed by atoms with Crippen molar-refractivity contribution in [3.8, 4) is 0 Å². The number of benzene rings is 1. The lowest BCUT2D eigenvalue weighted by Gasteiger charge is -2.24. The average Bonchev–Trinajstić information content (AvgIpc) is 2.44. The Morgan fingerprint density at radius 2 is 2.05 bits per heavy atom. The third-order valence-corrected chi connectivity index (χ3v) is 3.54. The van der Waals surface area contributed by atoms with Crippen LogP contribution in [0.4, 0.5) is 4.39 Å². The van der Waals surface area contributed by atoms with Crippen molar-refractivity contribution < 1.29 is 18.7 Å². The molecule has 0 aromatic heterocycles. The van der Waals surface area contributed by atoms with E-state index < -0.39 is 11.9 Å². The highest BCUT2D eigenvalue weighted by Crippen LogP contribution is 2.12. The summed E-state index contributed by atoms with van der Waals surface area (Å²) in [5, 5.41) is 2.79. The van der Waals surface area contributed by atoms with Gasteiger partial charge in [-0.3, -0.25) is 9.59 Å². The van der Waals surface area contributed by atoms with Gasteiger partial charge in [0.15, 0.2) is 6.61 Å². The standard InChI is InChI=1S/C17H24FNO3/c1-5-17(3,4)19-15(20)11-22-16(21)12(2)9-13-7-6-8-14(18)10-13/h6-8,10,12H,5,9,11H2,1-4H3,(H,19,20). The molecule has 0 bridgehead atoms. The lowest BCUT2D eigenvalue weighted by molar-refractivity contribution is -0.152. The number of carbonyl (C=O) groups is 2. The number of ether oxygens (including phenoxy) is 1. The summed E-state index contributed by atoms with van der Waals surface area (Å²) in [6, 6.07) is 6.10. The third kappa shape index (κ3) is 6.24. The number of halogens is 1. The van der Waals surface area contributed by atoms with Crippen LogP contribution < -0.4 is 5.32 Å². The summed E-state index contributed by atoms with van der Waals surface area (Å²) in [4.78, 5) is 23.6. The molecule has 1 rings (SSSR count). The molecule has 1 amide bonds. The third-order valence-electron chi connectivity index (χ3n) is 3.54. The van der Waals surface area contributed by atoms with Crippen LogP contribution in [0.2, 0.25) is 0 Å². The van der Waals surface area contributed by atoms with Crippen molar-refractivity contribution in [2.24, 2.45) is 5.92 Å². The van der Waals surface area contributed by atoms with E-state index in [0.29, 0.717) is 6.42 Å². The molecule has 0 aliphatic carbocycles. The van der Waals surface area contributed by atoms with Gasteiger partial charge in [0.05, 0.1) is 5.92 Å². The van der Waals surface area contributed by atoms with Gasteiger partial charge in [-0.25, -0.2) is 4.39 Å². The van der Waals surface area contributed by atoms with E-state index in [2.05, 4.69) is 5.32 Å². The summed E-state index contributed by atoms with van der Waals surface area (Å²) >= 11 is 0. The Morgan fingerprint density at radius 3 is 2.64 bits per heavy atom. The summed E-state index contributed by atoms with van der Waals surface area (Å²) < 4.78 is 18.1. The van der Waals surface area contributed by atoms with E-state index in [0.717, 1.165) is 12.0 Å². The van der Waals surface area contributed by atoms with E-state index in [1.807, 2.05) is 20.8 Å². The molecule has 1 N–H and O–H groups in total. The predicted octanol–water partition coefficient (Wildman–Crippen LogP) is 2.85. The number of nitrogens with one attached hydrogen (secondary N) is 1. The van der Waals surface area contributed by atoms with Crippen LogP contribution in [-0.4, -0.2) is 24.0 Å². The normalized spacial score (nSPS) is 12.6. The number of amides is 1. The summed E-state index contributed by atoms with van der Waals surface area (Å²) in [6.45, 7) is 7.17. The minimum Gasteiger partial charge on any atom is -0.455 e. The van der Waals surface area contributed by atoms with E-state index in [1.54, 1.807) is 19.1 Å². The van der Waals surface area contributed by atoms with Crippen LogP contribution in [0.25, 0.3) is 0 Å². The zero-order valence-corrected chi connectivity index (χ0v) is 13.6. The first kappa shape index (κ1) is 18.1. The summed E-state index contributed by atoms with van der Waals surface area (Å²) in [7, 11) is 0. The van der Waals surface area contributed by atoms with Gasteiger partial charge in [-0.2, -0.15) is 0 Å². The van der Waals surface area contributed by atoms with Crippen molar-refractivity contribution in [2.45, 2.75) is 46.1 Å². The van der Waals surface area contributed by atoms with Crippen molar-refractivity contribution in [1.82, 2.24) is 5.32 Å². The second-order valence-electron chi connectivity index (χ2n) is 6.13. The zero-order valence-electron chi connectivity index (χ0n) is 13.6. The molecule has 0 aliphatic heterocycles. The monoisotopic (exact) mass is 309 g/mol. The summed E-state index contributed by atoms with van der Waals surface area (Å²) in [5.74, 6) is -1.56. The highest BCUT2D eigenvalue weighted by atomic mass is 19.1. The second kappa shape index (κ2) is 7.92. The minimum atomic E-state index is -0.464. The Balaban J connectivity index is 2.43. The predicted molar refractivity (Wildman–Crippen MR) is 82.7 cm³/mol. The van der Waals surface area contributed by atoms with E-state index >= 15 is 0 Å². The molecule has 0 heterocycles. The van der Waals surface area contributed by atoms with Crippen LogP contribution in [0.3, 0.4) is 0 Å². The molecule has 4 nitrogen and oxygen atoms in total. The topological polar surface area (TPSA) is 55.4 Å². The van der Waals surface area contributed by atoms with E-state index in [4.69, 9.17) is 4.74 Å². The molecule has 0 saturated carbocycles. The van der Waals surface area contributed by atoms with Gasteiger partial charge in [-0.05, 0) is 44.4 Å². The van der Waals surface area contributed by atoms with Crippen LogP contribution in [0, 0.1) is 11.7 Å². The second-order valence-corrected chi connectivity index (χ2v) is 6.13. The lowest BCUT2D eigenvalue weighted by Crippen LogP contribution is -2.44. The largest absolute Gasteiger partial charge is 0.455 e. The summed E-state index contributed by atoms with van der Waals surface area (Å²) in [6.07, 6.45) is 1.15. The molecule has 1 aromatic carbocycles. The zero-order chi connectivity index (χ0) is 16.8. The van der Waals surface area contributed by atoms with Crippen molar-refractivity contribution in [3.05, 3.63) is 35.6 Å². The van der Waals surface area contributed by atoms with E-state index in [-0.39, 0.29) is 23.9 Å². The molecule has 122 valence electrons. The first-order valence-corrected chi connectivity index (χ1v) is 7.45. The van der Waals surface area contributed by atoms with Gasteiger partial charge in [0, 0.05) is 5.54 Å². The highest BCUT2D eigenvalue weighted by molar-refractivity contribution is 5.81.